The van der Waals surface area contributed by atoms with Crippen LogP contribution in [0.2, 0.25) is 5.02 Å². The lowest BCUT2D eigenvalue weighted by Crippen LogP contribution is -2.30. The number of halogens is 1. The van der Waals surface area contributed by atoms with Crippen molar-refractivity contribution in [2.75, 3.05) is 5.32 Å². The maximum atomic E-state index is 12.3. The number of amides is 1. The third kappa shape index (κ3) is 4.78. The van der Waals surface area contributed by atoms with Crippen molar-refractivity contribution in [2.24, 2.45) is 0 Å². The van der Waals surface area contributed by atoms with Crippen LogP contribution in [0, 0.1) is 10.1 Å². The van der Waals surface area contributed by atoms with Crippen molar-refractivity contribution in [1.29, 1.82) is 0 Å². The second-order valence-electron chi connectivity index (χ2n) is 5.67. The van der Waals surface area contributed by atoms with Crippen LogP contribution in [0.4, 0.5) is 11.4 Å². The number of nitrogens with zero attached hydrogens (tertiary/aromatic N) is 1. The highest BCUT2D eigenvalue weighted by Gasteiger charge is 2.21. The van der Waals surface area contributed by atoms with Crippen molar-refractivity contribution in [2.45, 2.75) is 24.8 Å². The molecule has 10 heteroatoms. The van der Waals surface area contributed by atoms with Crippen LogP contribution in [0.25, 0.3) is 0 Å². The Bertz CT molecular complexity index is 943. The largest absolute Gasteiger partial charge is 0.322 e. The molecule has 0 bridgehead atoms. The van der Waals surface area contributed by atoms with E-state index in [0.29, 0.717) is 5.69 Å². The number of sulfonamides is 1. The van der Waals surface area contributed by atoms with Gasteiger partial charge in [-0.3, -0.25) is 14.9 Å². The maximum Gasteiger partial charge on any atom is 0.283 e. The van der Waals surface area contributed by atoms with E-state index in [-0.39, 0.29) is 21.5 Å². The molecule has 2 rings (SSSR count). The van der Waals surface area contributed by atoms with Crippen molar-refractivity contribution in [1.82, 2.24) is 4.72 Å². The Labute approximate surface area is 155 Å². The first-order valence-corrected chi connectivity index (χ1v) is 9.34. The quantitative estimate of drug-likeness (QED) is 0.573. The van der Waals surface area contributed by atoms with Crippen LogP contribution in [-0.4, -0.2) is 25.3 Å². The molecule has 138 valence electrons. The molecule has 0 saturated carbocycles. The molecule has 2 N–H and O–H groups in total. The second-order valence-corrected chi connectivity index (χ2v) is 7.82. The van der Waals surface area contributed by atoms with Gasteiger partial charge in [-0.1, -0.05) is 11.6 Å². The van der Waals surface area contributed by atoms with Gasteiger partial charge in [0.2, 0.25) is 10.0 Å². The van der Waals surface area contributed by atoms with Crippen molar-refractivity contribution < 1.29 is 18.1 Å². The zero-order valence-electron chi connectivity index (χ0n) is 13.9. The molecule has 26 heavy (non-hydrogen) atoms. The average molecular weight is 398 g/mol. The maximum absolute atomic E-state index is 12.3. The summed E-state index contributed by atoms with van der Waals surface area (Å²) in [6.45, 7) is 3.40. The number of hydrogen-bond donors (Lipinski definition) is 2. The van der Waals surface area contributed by atoms with E-state index in [4.69, 9.17) is 11.6 Å². The molecule has 8 nitrogen and oxygen atoms in total. The molecule has 0 radical (unpaired) electrons. The highest BCUT2D eigenvalue weighted by atomic mass is 35.5. The Kier molecular flexibility index (Phi) is 5.96. The van der Waals surface area contributed by atoms with Crippen molar-refractivity contribution in [3.05, 3.63) is 63.2 Å². The van der Waals surface area contributed by atoms with Crippen LogP contribution in [0.5, 0.6) is 0 Å². The summed E-state index contributed by atoms with van der Waals surface area (Å²) in [5, 5.41) is 13.7. The molecule has 0 atom stereocenters. The number of nitro benzene ring substituents is 1. The van der Waals surface area contributed by atoms with Crippen LogP contribution < -0.4 is 10.0 Å². The third-order valence-electron chi connectivity index (χ3n) is 3.21. The van der Waals surface area contributed by atoms with Crippen molar-refractivity contribution in [3.63, 3.8) is 0 Å². The van der Waals surface area contributed by atoms with E-state index in [1.807, 2.05) is 0 Å². The molecule has 2 aromatic rings. The fraction of sp³-hybridized carbons (Fsp3) is 0.188. The van der Waals surface area contributed by atoms with Crippen molar-refractivity contribution in [3.8, 4) is 0 Å². The number of benzene rings is 2. The van der Waals surface area contributed by atoms with Gasteiger partial charge >= 0.3 is 0 Å². The number of anilines is 1. The van der Waals surface area contributed by atoms with Gasteiger partial charge in [-0.15, -0.1) is 0 Å². The van der Waals surface area contributed by atoms with Crippen LogP contribution in [0.15, 0.2) is 47.4 Å². The monoisotopic (exact) mass is 397 g/mol. The molecule has 0 unspecified atom stereocenters. The number of carbonyl (C=O) groups is 1. The van der Waals surface area contributed by atoms with Gasteiger partial charge in [0, 0.05) is 22.8 Å². The summed E-state index contributed by atoms with van der Waals surface area (Å²) < 4.78 is 26.6. The minimum atomic E-state index is -3.65. The zero-order chi connectivity index (χ0) is 19.5. The van der Waals surface area contributed by atoms with Gasteiger partial charge in [0.25, 0.3) is 11.6 Å². The van der Waals surface area contributed by atoms with Crippen LogP contribution in [0.1, 0.15) is 24.2 Å². The predicted octanol–water partition coefficient (Wildman–Crippen LogP) is 3.19. The van der Waals surface area contributed by atoms with E-state index in [9.17, 15) is 23.3 Å². The van der Waals surface area contributed by atoms with E-state index in [0.717, 1.165) is 6.07 Å². The zero-order valence-corrected chi connectivity index (χ0v) is 15.5. The van der Waals surface area contributed by atoms with E-state index in [1.165, 1.54) is 36.4 Å². The fourth-order valence-corrected chi connectivity index (χ4v) is 3.56. The SMILES string of the molecule is CC(C)NS(=O)(=O)c1ccc(NC(=O)c2ccc(Cl)cc2[N+](=O)[O-])cc1. The molecule has 0 heterocycles. The van der Waals surface area contributed by atoms with Crippen molar-refractivity contribution >= 4 is 38.9 Å². The number of hydrogen-bond acceptors (Lipinski definition) is 5. The highest BCUT2D eigenvalue weighted by Crippen LogP contribution is 2.24. The van der Waals surface area contributed by atoms with Crippen LogP contribution in [0.3, 0.4) is 0 Å². The van der Waals surface area contributed by atoms with E-state index >= 15 is 0 Å². The normalized spacial score (nSPS) is 11.4. The first-order chi connectivity index (χ1) is 12.1. The summed E-state index contributed by atoms with van der Waals surface area (Å²) >= 11 is 5.72. The molecular weight excluding hydrogens is 382 g/mol. The molecule has 1 amide bonds. The van der Waals surface area contributed by atoms with Crippen LogP contribution >= 0.6 is 11.6 Å². The molecule has 0 aliphatic rings. The Hall–Kier alpha value is -2.49. The molecule has 0 saturated heterocycles. The van der Waals surface area contributed by atoms with E-state index in [1.54, 1.807) is 13.8 Å². The van der Waals surface area contributed by atoms with Gasteiger partial charge in [-0.05, 0) is 50.2 Å². The smallest absolute Gasteiger partial charge is 0.283 e. The Morgan fingerprint density at radius 3 is 2.31 bits per heavy atom. The summed E-state index contributed by atoms with van der Waals surface area (Å²) in [6, 6.07) is 8.91. The van der Waals surface area contributed by atoms with Gasteiger partial charge in [-0.2, -0.15) is 0 Å². The molecule has 0 spiro atoms. The summed E-state index contributed by atoms with van der Waals surface area (Å²) in [4.78, 5) is 22.7. The number of nitrogens with one attached hydrogen (secondary N) is 2. The summed E-state index contributed by atoms with van der Waals surface area (Å²) in [6.07, 6.45) is 0. The first kappa shape index (κ1) is 19.8. The standard InChI is InChI=1S/C16H16ClN3O5S/c1-10(2)19-26(24,25)13-6-4-12(5-7-13)18-16(21)14-8-3-11(17)9-15(14)20(22)23/h3-10,19H,1-2H3,(H,18,21). The molecule has 2 aromatic carbocycles. The number of carbonyl (C=O) groups excluding carboxylic acids is 1. The number of nitro groups is 1. The van der Waals surface area contributed by atoms with Gasteiger partial charge in [0.15, 0.2) is 0 Å². The minimum Gasteiger partial charge on any atom is -0.322 e. The average Bonchev–Trinajstić information content (AvgIpc) is 2.53. The Morgan fingerprint density at radius 2 is 1.77 bits per heavy atom. The predicted molar refractivity (Wildman–Crippen MR) is 98.0 cm³/mol. The van der Waals surface area contributed by atoms with Gasteiger partial charge < -0.3 is 5.32 Å². The Balaban J connectivity index is 2.22. The van der Waals surface area contributed by atoms with E-state index < -0.39 is 26.5 Å². The summed E-state index contributed by atoms with van der Waals surface area (Å²) in [5.41, 5.74) is -0.282. The molecule has 0 fully saturated rings. The van der Waals surface area contributed by atoms with Gasteiger partial charge in [-0.25, -0.2) is 13.1 Å². The second kappa shape index (κ2) is 7.81. The topological polar surface area (TPSA) is 118 Å². The minimum absolute atomic E-state index is 0.0432. The van der Waals surface area contributed by atoms with Gasteiger partial charge in [0.05, 0.1) is 9.82 Å². The third-order valence-corrected chi connectivity index (χ3v) is 5.12. The molecular formula is C16H16ClN3O5S. The lowest BCUT2D eigenvalue weighted by molar-refractivity contribution is -0.385. The lowest BCUT2D eigenvalue weighted by atomic mass is 10.1. The molecule has 0 aliphatic carbocycles. The van der Waals surface area contributed by atoms with E-state index in [2.05, 4.69) is 10.0 Å². The molecule has 0 aromatic heterocycles. The summed E-state index contributed by atoms with van der Waals surface area (Å²) in [7, 11) is -3.65. The van der Waals surface area contributed by atoms with Gasteiger partial charge in [0.1, 0.15) is 5.56 Å². The number of rotatable bonds is 6. The Morgan fingerprint density at radius 1 is 1.15 bits per heavy atom. The molecule has 0 aliphatic heterocycles. The fourth-order valence-electron chi connectivity index (χ4n) is 2.14. The lowest BCUT2D eigenvalue weighted by Gasteiger charge is -2.10. The first-order valence-electron chi connectivity index (χ1n) is 7.48. The van der Waals surface area contributed by atoms with Crippen LogP contribution in [-0.2, 0) is 10.0 Å². The summed E-state index contributed by atoms with van der Waals surface area (Å²) in [5.74, 6) is -0.704. The highest BCUT2D eigenvalue weighted by molar-refractivity contribution is 7.89.